The molecule has 0 saturated heterocycles. The summed E-state index contributed by atoms with van der Waals surface area (Å²) >= 11 is 0. The molecule has 0 radical (unpaired) electrons. The number of aryl methyl sites for hydroxylation is 1. The molecule has 0 fully saturated rings. The molecular formula is C11H14N2O4S. The number of sulfonamides is 1. The van der Waals surface area contributed by atoms with Gasteiger partial charge in [-0.3, -0.25) is 9.59 Å². The van der Waals surface area contributed by atoms with Gasteiger partial charge in [0.05, 0.1) is 11.3 Å². The third-order valence-corrected chi connectivity index (χ3v) is 3.13. The van der Waals surface area contributed by atoms with Crippen molar-refractivity contribution in [2.24, 2.45) is 5.14 Å². The molecule has 1 amide bonds. The molecule has 1 aromatic carbocycles. The Morgan fingerprint density at radius 1 is 1.33 bits per heavy atom. The highest BCUT2D eigenvalue weighted by molar-refractivity contribution is 7.89. The zero-order valence-electron chi connectivity index (χ0n) is 10.1. The van der Waals surface area contributed by atoms with Crippen LogP contribution in [0.1, 0.15) is 18.9 Å². The number of carbonyl (C=O) groups is 2. The number of nitrogens with two attached hydrogens (primary N) is 1. The minimum Gasteiger partial charge on any atom is -0.325 e. The van der Waals surface area contributed by atoms with Crippen molar-refractivity contribution in [2.45, 2.75) is 25.2 Å². The second kappa shape index (κ2) is 5.28. The predicted molar refractivity (Wildman–Crippen MR) is 66.5 cm³/mol. The van der Waals surface area contributed by atoms with E-state index in [9.17, 15) is 18.0 Å². The lowest BCUT2D eigenvalue weighted by Gasteiger charge is -2.09. The topological polar surface area (TPSA) is 106 Å². The van der Waals surface area contributed by atoms with Crippen molar-refractivity contribution in [3.05, 3.63) is 23.8 Å². The number of rotatable bonds is 4. The Labute approximate surface area is 105 Å². The van der Waals surface area contributed by atoms with Crippen molar-refractivity contribution in [1.29, 1.82) is 0 Å². The molecule has 0 aromatic heterocycles. The van der Waals surface area contributed by atoms with E-state index < -0.39 is 15.9 Å². The molecule has 0 aliphatic rings. The monoisotopic (exact) mass is 270 g/mol. The number of Topliss-reactive ketones (excluding diaryl/α,β-unsaturated/α-hetero) is 1. The summed E-state index contributed by atoms with van der Waals surface area (Å²) in [7, 11) is -3.82. The van der Waals surface area contributed by atoms with E-state index in [-0.39, 0.29) is 17.1 Å². The molecule has 98 valence electrons. The van der Waals surface area contributed by atoms with Gasteiger partial charge in [-0.05, 0) is 31.5 Å². The van der Waals surface area contributed by atoms with Gasteiger partial charge in [-0.25, -0.2) is 13.6 Å². The van der Waals surface area contributed by atoms with Crippen LogP contribution in [0.5, 0.6) is 0 Å². The van der Waals surface area contributed by atoms with E-state index in [1.807, 2.05) is 0 Å². The van der Waals surface area contributed by atoms with Crippen LogP contribution in [-0.4, -0.2) is 20.1 Å². The van der Waals surface area contributed by atoms with E-state index in [4.69, 9.17) is 5.14 Å². The molecule has 3 N–H and O–H groups in total. The van der Waals surface area contributed by atoms with Crippen LogP contribution >= 0.6 is 0 Å². The summed E-state index contributed by atoms with van der Waals surface area (Å²) in [5, 5.41) is 7.47. The third kappa shape index (κ3) is 3.94. The fourth-order valence-electron chi connectivity index (χ4n) is 1.33. The summed E-state index contributed by atoms with van der Waals surface area (Å²) in [6.45, 7) is 3.00. The Morgan fingerprint density at radius 3 is 2.44 bits per heavy atom. The number of carbonyl (C=O) groups excluding carboxylic acids is 2. The summed E-state index contributed by atoms with van der Waals surface area (Å²) in [5.74, 6) is -0.759. The second-order valence-corrected chi connectivity index (χ2v) is 5.51. The molecule has 7 heteroatoms. The maximum Gasteiger partial charge on any atom is 0.238 e. The first kappa shape index (κ1) is 14.3. The lowest BCUT2D eigenvalue weighted by Crippen LogP contribution is -2.17. The van der Waals surface area contributed by atoms with Gasteiger partial charge in [0.25, 0.3) is 0 Å². The van der Waals surface area contributed by atoms with Crippen LogP contribution in [-0.2, 0) is 19.6 Å². The van der Waals surface area contributed by atoms with Crippen molar-refractivity contribution in [2.75, 3.05) is 5.32 Å². The van der Waals surface area contributed by atoms with Crippen molar-refractivity contribution in [3.8, 4) is 0 Å². The highest BCUT2D eigenvalue weighted by Crippen LogP contribution is 2.19. The van der Waals surface area contributed by atoms with Crippen LogP contribution in [0.15, 0.2) is 23.1 Å². The van der Waals surface area contributed by atoms with Gasteiger partial charge in [-0.15, -0.1) is 0 Å². The summed E-state index contributed by atoms with van der Waals surface area (Å²) in [6.07, 6.45) is -0.251. The van der Waals surface area contributed by atoms with Crippen molar-refractivity contribution >= 4 is 27.4 Å². The fraction of sp³-hybridized carbons (Fsp3) is 0.273. The quantitative estimate of drug-likeness (QED) is 0.779. The molecule has 0 saturated carbocycles. The van der Waals surface area contributed by atoms with Gasteiger partial charge in [0, 0.05) is 5.69 Å². The number of nitrogens with one attached hydrogen (secondary N) is 1. The summed E-state index contributed by atoms with van der Waals surface area (Å²) in [6, 6.07) is 4.15. The van der Waals surface area contributed by atoms with E-state index in [2.05, 4.69) is 5.32 Å². The van der Waals surface area contributed by atoms with Crippen LogP contribution in [0.3, 0.4) is 0 Å². The normalized spacial score (nSPS) is 11.1. The van der Waals surface area contributed by atoms with Gasteiger partial charge in [0.1, 0.15) is 5.78 Å². The Bertz CT molecular complexity index is 593. The van der Waals surface area contributed by atoms with Crippen molar-refractivity contribution < 1.29 is 18.0 Å². The smallest absolute Gasteiger partial charge is 0.238 e. The predicted octanol–water partition coefficient (Wildman–Crippen LogP) is 0.560. The third-order valence-electron chi connectivity index (χ3n) is 2.22. The Balaban J connectivity index is 3.02. The van der Waals surface area contributed by atoms with Crippen molar-refractivity contribution in [3.63, 3.8) is 0 Å². The Hall–Kier alpha value is -1.73. The van der Waals surface area contributed by atoms with E-state index in [0.717, 1.165) is 0 Å². The minimum absolute atomic E-state index is 0.0915. The number of amides is 1. The molecule has 1 rings (SSSR count). The first-order valence-electron chi connectivity index (χ1n) is 5.13. The largest absolute Gasteiger partial charge is 0.325 e. The maximum absolute atomic E-state index is 11.4. The van der Waals surface area contributed by atoms with E-state index in [0.29, 0.717) is 11.3 Å². The second-order valence-electron chi connectivity index (χ2n) is 3.95. The number of hydrogen-bond donors (Lipinski definition) is 2. The average Bonchev–Trinajstić information content (AvgIpc) is 2.18. The molecule has 0 atom stereocenters. The molecular weight excluding hydrogens is 256 g/mol. The SMILES string of the molecule is CC(=O)CC(=O)Nc1cc(S(N)(=O)=O)ccc1C. The lowest BCUT2D eigenvalue weighted by molar-refractivity contribution is -0.124. The standard InChI is InChI=1S/C11H14N2O4S/c1-7-3-4-9(18(12,16)17)6-10(7)13-11(15)5-8(2)14/h3-4,6H,5H2,1-2H3,(H,13,15)(H2,12,16,17). The van der Waals surface area contributed by atoms with Gasteiger partial charge in [-0.1, -0.05) is 6.07 Å². The number of anilines is 1. The number of hydrogen-bond acceptors (Lipinski definition) is 4. The lowest BCUT2D eigenvalue weighted by atomic mass is 10.2. The number of benzene rings is 1. The van der Waals surface area contributed by atoms with Crippen LogP contribution in [0.4, 0.5) is 5.69 Å². The first-order valence-corrected chi connectivity index (χ1v) is 6.67. The molecule has 18 heavy (non-hydrogen) atoms. The maximum atomic E-state index is 11.4. The molecule has 0 heterocycles. The molecule has 0 unspecified atom stereocenters. The zero-order chi connectivity index (χ0) is 13.9. The van der Waals surface area contributed by atoms with Gasteiger partial charge < -0.3 is 5.32 Å². The van der Waals surface area contributed by atoms with Gasteiger partial charge in [0.2, 0.25) is 15.9 Å². The van der Waals surface area contributed by atoms with Crippen LogP contribution in [0, 0.1) is 6.92 Å². The van der Waals surface area contributed by atoms with Gasteiger partial charge >= 0.3 is 0 Å². The molecule has 6 nitrogen and oxygen atoms in total. The van der Waals surface area contributed by atoms with Gasteiger partial charge in [0.15, 0.2) is 0 Å². The average molecular weight is 270 g/mol. The highest BCUT2D eigenvalue weighted by Gasteiger charge is 2.12. The fourth-order valence-corrected chi connectivity index (χ4v) is 1.87. The van der Waals surface area contributed by atoms with Crippen molar-refractivity contribution in [1.82, 2.24) is 0 Å². The van der Waals surface area contributed by atoms with E-state index in [1.54, 1.807) is 6.92 Å². The molecule has 0 aliphatic carbocycles. The minimum atomic E-state index is -3.82. The van der Waals surface area contributed by atoms with Crippen LogP contribution < -0.4 is 10.5 Å². The van der Waals surface area contributed by atoms with Crippen LogP contribution in [0.25, 0.3) is 0 Å². The molecule has 0 bridgehead atoms. The zero-order valence-corrected chi connectivity index (χ0v) is 10.9. The Morgan fingerprint density at radius 2 is 1.94 bits per heavy atom. The van der Waals surface area contributed by atoms with Gasteiger partial charge in [-0.2, -0.15) is 0 Å². The first-order chi connectivity index (χ1) is 8.20. The molecule has 1 aromatic rings. The summed E-state index contributed by atoms with van der Waals surface area (Å²) in [5.41, 5.74) is 1.01. The summed E-state index contributed by atoms with van der Waals surface area (Å²) in [4.78, 5) is 22.1. The van der Waals surface area contributed by atoms with Crippen LogP contribution in [0.2, 0.25) is 0 Å². The van der Waals surface area contributed by atoms with E-state index in [1.165, 1.54) is 25.1 Å². The summed E-state index contributed by atoms with van der Waals surface area (Å²) < 4.78 is 22.3. The number of ketones is 1. The highest BCUT2D eigenvalue weighted by atomic mass is 32.2. The molecule has 0 aliphatic heterocycles. The number of primary sulfonamides is 1. The Kier molecular flexibility index (Phi) is 4.20. The molecule has 0 spiro atoms. The van der Waals surface area contributed by atoms with E-state index >= 15 is 0 Å².